The molecule has 1 unspecified atom stereocenters. The van der Waals surface area contributed by atoms with Gasteiger partial charge in [0.2, 0.25) is 5.91 Å². The van der Waals surface area contributed by atoms with Gasteiger partial charge >= 0.3 is 0 Å². The molecule has 0 bridgehead atoms. The van der Waals surface area contributed by atoms with Crippen molar-refractivity contribution in [2.45, 2.75) is 31.8 Å². The molecule has 2 aromatic rings. The molecule has 0 N–H and O–H groups in total. The normalized spacial score (nSPS) is 22.3. The van der Waals surface area contributed by atoms with Crippen LogP contribution in [0.25, 0.3) is 0 Å². The summed E-state index contributed by atoms with van der Waals surface area (Å²) in [6.07, 6.45) is 12.3. The van der Waals surface area contributed by atoms with E-state index in [0.717, 1.165) is 51.3 Å². The summed E-state index contributed by atoms with van der Waals surface area (Å²) in [7, 11) is 0. The minimum Gasteiger partial charge on any atom is -0.336 e. The molecule has 4 rings (SSSR count). The highest BCUT2D eigenvalue weighted by Crippen LogP contribution is 2.25. The van der Waals surface area contributed by atoms with Gasteiger partial charge in [-0.2, -0.15) is 5.10 Å². The molecule has 2 aromatic heterocycles. The highest BCUT2D eigenvalue weighted by Gasteiger charge is 2.27. The zero-order valence-corrected chi connectivity index (χ0v) is 13.2. The number of aromatic nitrogens is 4. The van der Waals surface area contributed by atoms with E-state index in [1.807, 2.05) is 40.7 Å². The maximum Gasteiger partial charge on any atom is 0.227 e. The third-order valence-corrected chi connectivity index (χ3v) is 4.83. The highest BCUT2D eigenvalue weighted by atomic mass is 16.2. The molecule has 0 radical (unpaired) electrons. The van der Waals surface area contributed by atoms with Crippen molar-refractivity contribution in [2.75, 3.05) is 31.1 Å². The summed E-state index contributed by atoms with van der Waals surface area (Å²) in [6.45, 7) is 4.94. The van der Waals surface area contributed by atoms with Crippen LogP contribution in [0.1, 0.15) is 25.3 Å². The molecule has 7 heteroatoms. The van der Waals surface area contributed by atoms with E-state index in [4.69, 9.17) is 0 Å². The molecule has 2 aliphatic rings. The fourth-order valence-electron chi connectivity index (χ4n) is 3.50. The maximum atomic E-state index is 11.8. The molecule has 23 heavy (non-hydrogen) atoms. The number of likely N-dealkylation sites (tertiary alicyclic amines) is 1. The number of imidazole rings is 1. The van der Waals surface area contributed by atoms with Gasteiger partial charge in [-0.1, -0.05) is 0 Å². The molecule has 0 aromatic carbocycles. The third-order valence-electron chi connectivity index (χ3n) is 4.83. The molecule has 2 fully saturated rings. The minimum atomic E-state index is 0.220. The fourth-order valence-corrected chi connectivity index (χ4v) is 3.50. The van der Waals surface area contributed by atoms with E-state index < -0.39 is 0 Å². The number of amides is 1. The lowest BCUT2D eigenvalue weighted by Gasteiger charge is -2.16. The van der Waals surface area contributed by atoms with Crippen molar-refractivity contribution < 1.29 is 4.79 Å². The Balaban J connectivity index is 1.34. The smallest absolute Gasteiger partial charge is 0.227 e. The van der Waals surface area contributed by atoms with Crippen LogP contribution in [0.3, 0.4) is 0 Å². The van der Waals surface area contributed by atoms with Crippen LogP contribution in [0.2, 0.25) is 0 Å². The monoisotopic (exact) mass is 314 g/mol. The molecule has 2 aliphatic heterocycles. The second kappa shape index (κ2) is 6.16. The van der Waals surface area contributed by atoms with Crippen molar-refractivity contribution in [1.82, 2.24) is 24.2 Å². The summed E-state index contributed by atoms with van der Waals surface area (Å²) < 4.78 is 4.15. The molecule has 2 saturated heterocycles. The van der Waals surface area contributed by atoms with Gasteiger partial charge in [0.15, 0.2) is 0 Å². The first-order valence-corrected chi connectivity index (χ1v) is 8.32. The van der Waals surface area contributed by atoms with Crippen LogP contribution in [0.4, 0.5) is 5.69 Å². The van der Waals surface area contributed by atoms with E-state index in [2.05, 4.69) is 19.5 Å². The summed E-state index contributed by atoms with van der Waals surface area (Å²) >= 11 is 0. The quantitative estimate of drug-likeness (QED) is 0.831. The number of carbonyl (C=O) groups is 1. The molecule has 7 nitrogen and oxygen atoms in total. The largest absolute Gasteiger partial charge is 0.336 e. The predicted octanol–water partition coefficient (Wildman–Crippen LogP) is 1.15. The van der Waals surface area contributed by atoms with Crippen molar-refractivity contribution in [1.29, 1.82) is 0 Å². The van der Waals surface area contributed by atoms with Gasteiger partial charge in [0.1, 0.15) is 0 Å². The molecule has 1 atom stereocenters. The van der Waals surface area contributed by atoms with E-state index in [0.29, 0.717) is 12.5 Å². The molecule has 0 spiro atoms. The van der Waals surface area contributed by atoms with Gasteiger partial charge in [0.05, 0.1) is 24.3 Å². The lowest BCUT2D eigenvalue weighted by Crippen LogP contribution is -2.25. The SMILES string of the molecule is O=C1CCCN1c1cnn(C2CCN(CCn3ccnc3)C2)c1. The molecule has 1 amide bonds. The summed E-state index contributed by atoms with van der Waals surface area (Å²) in [6, 6.07) is 0.407. The lowest BCUT2D eigenvalue weighted by molar-refractivity contribution is -0.117. The van der Waals surface area contributed by atoms with Gasteiger partial charge in [0, 0.05) is 57.7 Å². The number of nitrogens with zero attached hydrogens (tertiary/aromatic N) is 6. The van der Waals surface area contributed by atoms with Gasteiger partial charge < -0.3 is 9.47 Å². The molecule has 4 heterocycles. The lowest BCUT2D eigenvalue weighted by atomic mass is 10.3. The van der Waals surface area contributed by atoms with E-state index in [1.54, 1.807) is 0 Å². The Morgan fingerprint density at radius 1 is 1.26 bits per heavy atom. The molecule has 122 valence electrons. The van der Waals surface area contributed by atoms with E-state index in [1.165, 1.54) is 0 Å². The zero-order chi connectivity index (χ0) is 15.6. The Bertz CT molecular complexity index is 664. The minimum absolute atomic E-state index is 0.220. The van der Waals surface area contributed by atoms with Gasteiger partial charge in [-0.25, -0.2) is 4.98 Å². The van der Waals surface area contributed by atoms with Gasteiger partial charge in [0.25, 0.3) is 0 Å². The van der Waals surface area contributed by atoms with Crippen molar-refractivity contribution >= 4 is 11.6 Å². The molecule has 0 saturated carbocycles. The summed E-state index contributed by atoms with van der Waals surface area (Å²) in [4.78, 5) is 20.2. The number of carbonyl (C=O) groups excluding carboxylic acids is 1. The van der Waals surface area contributed by atoms with Crippen molar-refractivity contribution in [3.63, 3.8) is 0 Å². The van der Waals surface area contributed by atoms with Crippen LogP contribution >= 0.6 is 0 Å². The first kappa shape index (κ1) is 14.4. The Hall–Kier alpha value is -2.15. The van der Waals surface area contributed by atoms with Crippen molar-refractivity contribution in [3.05, 3.63) is 31.1 Å². The Morgan fingerprint density at radius 3 is 3.00 bits per heavy atom. The molecular formula is C16H22N6O. The Kier molecular flexibility index (Phi) is 3.87. The van der Waals surface area contributed by atoms with Crippen LogP contribution in [0.5, 0.6) is 0 Å². The van der Waals surface area contributed by atoms with Crippen LogP contribution < -0.4 is 4.90 Å². The average Bonchev–Trinajstić information content (AvgIpc) is 3.32. The number of hydrogen-bond donors (Lipinski definition) is 0. The van der Waals surface area contributed by atoms with Crippen LogP contribution in [-0.4, -0.2) is 56.3 Å². The second-order valence-corrected chi connectivity index (χ2v) is 6.37. The van der Waals surface area contributed by atoms with Crippen LogP contribution in [0.15, 0.2) is 31.1 Å². The van der Waals surface area contributed by atoms with E-state index in [9.17, 15) is 4.79 Å². The van der Waals surface area contributed by atoms with Gasteiger partial charge in [-0.3, -0.25) is 14.4 Å². The topological polar surface area (TPSA) is 59.2 Å². The van der Waals surface area contributed by atoms with Crippen LogP contribution in [0, 0.1) is 0 Å². The van der Waals surface area contributed by atoms with Crippen molar-refractivity contribution in [2.24, 2.45) is 0 Å². The summed E-state index contributed by atoms with van der Waals surface area (Å²) in [5, 5.41) is 4.50. The molecule has 0 aliphatic carbocycles. The Labute approximate surface area is 135 Å². The van der Waals surface area contributed by atoms with E-state index in [-0.39, 0.29) is 5.91 Å². The molecular weight excluding hydrogens is 292 g/mol. The first-order chi connectivity index (χ1) is 11.3. The van der Waals surface area contributed by atoms with Crippen molar-refractivity contribution in [3.8, 4) is 0 Å². The third kappa shape index (κ3) is 3.01. The first-order valence-electron chi connectivity index (χ1n) is 8.32. The number of hydrogen-bond acceptors (Lipinski definition) is 4. The second-order valence-electron chi connectivity index (χ2n) is 6.37. The summed E-state index contributed by atoms with van der Waals surface area (Å²) in [5.41, 5.74) is 0.948. The van der Waals surface area contributed by atoms with Gasteiger partial charge in [-0.05, 0) is 12.8 Å². The Morgan fingerprint density at radius 2 is 2.22 bits per heavy atom. The predicted molar refractivity (Wildman–Crippen MR) is 86.1 cm³/mol. The van der Waals surface area contributed by atoms with E-state index >= 15 is 0 Å². The fraction of sp³-hybridized carbons (Fsp3) is 0.562. The van der Waals surface area contributed by atoms with Crippen LogP contribution in [-0.2, 0) is 11.3 Å². The highest BCUT2D eigenvalue weighted by molar-refractivity contribution is 5.95. The number of rotatable bonds is 5. The van der Waals surface area contributed by atoms with Gasteiger partial charge in [-0.15, -0.1) is 0 Å². The maximum absolute atomic E-state index is 11.8. The standard InChI is InChI=1S/C16H22N6O/c23-16-2-1-5-21(16)15-10-18-22(12-15)14-3-6-19(11-14)8-9-20-7-4-17-13-20/h4,7,10,12-14H,1-3,5-6,8-9,11H2. The average molecular weight is 314 g/mol. The number of anilines is 1. The zero-order valence-electron chi connectivity index (χ0n) is 13.2. The summed E-state index contributed by atoms with van der Waals surface area (Å²) in [5.74, 6) is 0.220.